The van der Waals surface area contributed by atoms with Gasteiger partial charge in [0.25, 0.3) is 5.91 Å². The van der Waals surface area contributed by atoms with Crippen molar-refractivity contribution >= 4 is 23.5 Å². The summed E-state index contributed by atoms with van der Waals surface area (Å²) in [5.41, 5.74) is 8.82. The second-order valence-electron chi connectivity index (χ2n) is 7.21. The lowest BCUT2D eigenvalue weighted by Gasteiger charge is -2.24. The second kappa shape index (κ2) is 8.77. The number of aryl methyl sites for hydroxylation is 1. The Morgan fingerprint density at radius 3 is 2.52 bits per heavy atom. The van der Waals surface area contributed by atoms with Crippen LogP contribution in [0.3, 0.4) is 0 Å². The predicted molar refractivity (Wildman–Crippen MR) is 108 cm³/mol. The lowest BCUT2D eigenvalue weighted by atomic mass is 9.82. The molecule has 152 valence electrons. The maximum Gasteiger partial charge on any atom is 0.338 e. The van der Waals surface area contributed by atoms with Crippen molar-refractivity contribution in [1.29, 1.82) is 0 Å². The average molecular weight is 396 g/mol. The fourth-order valence-corrected chi connectivity index (χ4v) is 3.25. The quantitative estimate of drug-likeness (QED) is 0.474. The molecule has 2 N–H and O–H groups in total. The van der Waals surface area contributed by atoms with Gasteiger partial charge in [0.1, 0.15) is 5.75 Å². The maximum atomic E-state index is 12.7. The molecule has 2 aromatic carbocycles. The number of nitrogens with zero attached hydrogens (tertiary/aromatic N) is 1. The van der Waals surface area contributed by atoms with E-state index in [2.05, 4.69) is 0 Å². The van der Waals surface area contributed by atoms with Gasteiger partial charge in [-0.3, -0.25) is 9.59 Å². The van der Waals surface area contributed by atoms with Crippen LogP contribution in [0.2, 0.25) is 0 Å². The van der Waals surface area contributed by atoms with E-state index in [1.54, 1.807) is 14.1 Å². The van der Waals surface area contributed by atoms with E-state index in [9.17, 15) is 14.4 Å². The van der Waals surface area contributed by atoms with Crippen LogP contribution in [0.5, 0.6) is 5.75 Å². The van der Waals surface area contributed by atoms with E-state index in [1.165, 1.54) is 29.2 Å². The molecule has 0 aliphatic heterocycles. The van der Waals surface area contributed by atoms with Gasteiger partial charge in [-0.1, -0.05) is 6.07 Å². The van der Waals surface area contributed by atoms with Gasteiger partial charge in [-0.15, -0.1) is 0 Å². The standard InChI is InChI=1S/C22H24N2O5/c1-24(2)20(25)13-28-21(26)15-7-10-17(11-8-15)29-22(27)18-5-3-4-14-6-9-16(23)12-19(14)18/h6-12,18H,3-5,13,23H2,1-2H3. The molecule has 0 saturated heterocycles. The lowest BCUT2D eigenvalue weighted by Crippen LogP contribution is -2.27. The fourth-order valence-electron chi connectivity index (χ4n) is 3.25. The number of anilines is 1. The van der Waals surface area contributed by atoms with Gasteiger partial charge in [0.05, 0.1) is 11.5 Å². The van der Waals surface area contributed by atoms with Gasteiger partial charge in [-0.25, -0.2) is 4.79 Å². The van der Waals surface area contributed by atoms with Gasteiger partial charge < -0.3 is 20.1 Å². The first-order chi connectivity index (χ1) is 13.8. The number of carbonyl (C=O) groups is 3. The number of amides is 1. The van der Waals surface area contributed by atoms with E-state index in [0.717, 1.165) is 24.0 Å². The highest BCUT2D eigenvalue weighted by molar-refractivity contribution is 5.91. The SMILES string of the molecule is CN(C)C(=O)COC(=O)c1ccc(OC(=O)C2CCCc3ccc(N)cc32)cc1. The Labute approximate surface area is 169 Å². The number of fused-ring (bicyclic) bond motifs is 1. The molecule has 1 aliphatic rings. The van der Waals surface area contributed by atoms with Crippen molar-refractivity contribution < 1.29 is 23.9 Å². The smallest absolute Gasteiger partial charge is 0.338 e. The van der Waals surface area contributed by atoms with E-state index in [1.807, 2.05) is 18.2 Å². The van der Waals surface area contributed by atoms with E-state index >= 15 is 0 Å². The molecule has 1 aliphatic carbocycles. The van der Waals surface area contributed by atoms with Gasteiger partial charge in [0, 0.05) is 19.8 Å². The Bertz CT molecular complexity index is 921. The van der Waals surface area contributed by atoms with Crippen LogP contribution in [0.15, 0.2) is 42.5 Å². The molecule has 2 aromatic rings. The molecule has 0 aromatic heterocycles. The van der Waals surface area contributed by atoms with Crippen LogP contribution in [0.4, 0.5) is 5.69 Å². The summed E-state index contributed by atoms with van der Waals surface area (Å²) in [4.78, 5) is 37.6. The monoisotopic (exact) mass is 396 g/mol. The summed E-state index contributed by atoms with van der Waals surface area (Å²) >= 11 is 0. The Morgan fingerprint density at radius 1 is 1.10 bits per heavy atom. The molecule has 0 fully saturated rings. The number of nitrogens with two attached hydrogens (primary N) is 1. The van der Waals surface area contributed by atoms with Crippen LogP contribution in [-0.2, 0) is 20.7 Å². The zero-order chi connectivity index (χ0) is 21.0. The van der Waals surface area contributed by atoms with Crippen molar-refractivity contribution in [3.05, 3.63) is 59.2 Å². The summed E-state index contributed by atoms with van der Waals surface area (Å²) in [5.74, 6) is -1.29. The van der Waals surface area contributed by atoms with Crippen molar-refractivity contribution in [2.75, 3.05) is 26.4 Å². The molecule has 0 radical (unpaired) electrons. The highest BCUT2D eigenvalue weighted by Crippen LogP contribution is 2.34. The van der Waals surface area contributed by atoms with Crippen LogP contribution < -0.4 is 10.5 Å². The van der Waals surface area contributed by atoms with Gasteiger partial charge in [-0.2, -0.15) is 0 Å². The van der Waals surface area contributed by atoms with Crippen LogP contribution in [0.25, 0.3) is 0 Å². The number of rotatable bonds is 5. The average Bonchev–Trinajstić information content (AvgIpc) is 2.71. The number of ether oxygens (including phenoxy) is 2. The van der Waals surface area contributed by atoms with Crippen LogP contribution in [0.1, 0.15) is 40.2 Å². The predicted octanol–water partition coefficient (Wildman–Crippen LogP) is 2.54. The third-order valence-electron chi connectivity index (χ3n) is 4.90. The van der Waals surface area contributed by atoms with Gasteiger partial charge in [0.15, 0.2) is 6.61 Å². The summed E-state index contributed by atoms with van der Waals surface area (Å²) in [7, 11) is 3.16. The van der Waals surface area contributed by atoms with Crippen LogP contribution in [0, 0.1) is 0 Å². The molecule has 7 nitrogen and oxygen atoms in total. The molecule has 0 spiro atoms. The zero-order valence-corrected chi connectivity index (χ0v) is 16.5. The minimum atomic E-state index is -0.616. The Morgan fingerprint density at radius 2 is 1.83 bits per heavy atom. The lowest BCUT2D eigenvalue weighted by molar-refractivity contribution is -0.136. The van der Waals surface area contributed by atoms with Crippen molar-refractivity contribution in [2.45, 2.75) is 25.2 Å². The topological polar surface area (TPSA) is 98.9 Å². The Kier molecular flexibility index (Phi) is 6.16. The molecule has 3 rings (SSSR count). The van der Waals surface area contributed by atoms with Crippen molar-refractivity contribution in [1.82, 2.24) is 4.90 Å². The first-order valence-electron chi connectivity index (χ1n) is 9.42. The summed E-state index contributed by atoms with van der Waals surface area (Å²) in [6.45, 7) is -0.327. The first-order valence-corrected chi connectivity index (χ1v) is 9.42. The summed E-state index contributed by atoms with van der Waals surface area (Å²) in [6.07, 6.45) is 2.54. The summed E-state index contributed by atoms with van der Waals surface area (Å²) in [6, 6.07) is 11.7. The summed E-state index contributed by atoms with van der Waals surface area (Å²) in [5, 5.41) is 0. The minimum Gasteiger partial charge on any atom is -0.452 e. The molecule has 0 heterocycles. The van der Waals surface area contributed by atoms with E-state index in [0.29, 0.717) is 17.9 Å². The van der Waals surface area contributed by atoms with Gasteiger partial charge in [-0.05, 0) is 66.8 Å². The number of likely N-dealkylation sites (N-methyl/N-ethyl adjacent to an activating group) is 1. The van der Waals surface area contributed by atoms with Crippen molar-refractivity contribution in [2.24, 2.45) is 0 Å². The van der Waals surface area contributed by atoms with E-state index in [-0.39, 0.29) is 30.0 Å². The highest BCUT2D eigenvalue weighted by atomic mass is 16.5. The number of nitrogen functional groups attached to an aromatic ring is 1. The highest BCUT2D eigenvalue weighted by Gasteiger charge is 2.28. The third-order valence-corrected chi connectivity index (χ3v) is 4.90. The number of hydrogen-bond donors (Lipinski definition) is 1. The fraction of sp³-hybridized carbons (Fsp3) is 0.318. The summed E-state index contributed by atoms with van der Waals surface area (Å²) < 4.78 is 10.5. The molecule has 29 heavy (non-hydrogen) atoms. The first kappa shape index (κ1) is 20.4. The number of esters is 2. The molecular weight excluding hydrogens is 372 g/mol. The van der Waals surface area contributed by atoms with Gasteiger partial charge in [0.2, 0.25) is 0 Å². The van der Waals surface area contributed by atoms with E-state index in [4.69, 9.17) is 15.2 Å². The second-order valence-corrected chi connectivity index (χ2v) is 7.21. The van der Waals surface area contributed by atoms with Crippen molar-refractivity contribution in [3.63, 3.8) is 0 Å². The molecule has 0 saturated carbocycles. The number of carbonyl (C=O) groups excluding carboxylic acids is 3. The molecule has 0 bridgehead atoms. The zero-order valence-electron chi connectivity index (χ0n) is 16.5. The van der Waals surface area contributed by atoms with Crippen molar-refractivity contribution in [3.8, 4) is 5.75 Å². The van der Waals surface area contributed by atoms with E-state index < -0.39 is 5.97 Å². The van der Waals surface area contributed by atoms with Gasteiger partial charge >= 0.3 is 11.9 Å². The maximum absolute atomic E-state index is 12.7. The molecule has 1 amide bonds. The molecule has 7 heteroatoms. The molecular formula is C22H24N2O5. The molecule has 1 atom stereocenters. The Hall–Kier alpha value is -3.35. The largest absolute Gasteiger partial charge is 0.452 e. The molecule has 1 unspecified atom stereocenters. The number of benzene rings is 2. The van der Waals surface area contributed by atoms with Crippen LogP contribution in [-0.4, -0.2) is 43.4 Å². The minimum absolute atomic E-state index is 0.271. The third kappa shape index (κ3) is 4.93. The van der Waals surface area contributed by atoms with Crippen LogP contribution >= 0.6 is 0 Å². The Balaban J connectivity index is 1.63. The number of hydrogen-bond acceptors (Lipinski definition) is 6. The normalized spacial score (nSPS) is 15.2.